The van der Waals surface area contributed by atoms with Crippen LogP contribution in [0.2, 0.25) is 0 Å². The molecule has 1 N–H and O–H groups in total. The Morgan fingerprint density at radius 2 is 1.57 bits per heavy atom. The Hall–Kier alpha value is -2.96. The maximum atomic E-state index is 11.1. The fourth-order valence-corrected chi connectivity index (χ4v) is 2.09. The highest BCUT2D eigenvalue weighted by Crippen LogP contribution is 2.38. The quantitative estimate of drug-likeness (QED) is 0.672. The van der Waals surface area contributed by atoms with E-state index >= 15 is 0 Å². The number of hydrogen-bond donors (Lipinski definition) is 1. The first-order valence-corrected chi connectivity index (χ1v) is 6.18. The van der Waals surface area contributed by atoms with Crippen LogP contribution in [0.1, 0.15) is 11.1 Å². The van der Waals surface area contributed by atoms with Crippen molar-refractivity contribution >= 4 is 11.4 Å². The molecule has 0 spiro atoms. The van der Waals surface area contributed by atoms with Crippen LogP contribution in [-0.2, 0) is 12.8 Å². The van der Waals surface area contributed by atoms with Gasteiger partial charge in [0.2, 0.25) is 0 Å². The molecule has 2 rings (SSSR count). The van der Waals surface area contributed by atoms with Gasteiger partial charge in [0.15, 0.2) is 0 Å². The molecule has 0 heterocycles. The zero-order chi connectivity index (χ0) is 15.4. The fraction of sp³-hybridized carbons (Fsp3) is 0.143. The number of nitro benzene ring substituents is 2. The van der Waals surface area contributed by atoms with Crippen LogP contribution in [-0.4, -0.2) is 15.0 Å². The van der Waals surface area contributed by atoms with Gasteiger partial charge in [-0.1, -0.05) is 30.3 Å². The Morgan fingerprint density at radius 1 is 0.905 bits per heavy atom. The standard InChI is InChI=1S/C14H12N2O5/c17-14-12(15(18)19)9-8-11(13(14)16(20)21)7-6-10-4-2-1-3-5-10/h1-5,8-9,17H,6-7H2. The van der Waals surface area contributed by atoms with Crippen molar-refractivity contribution in [3.05, 3.63) is 73.8 Å². The number of nitrogens with zero attached hydrogens (tertiary/aromatic N) is 2. The van der Waals surface area contributed by atoms with E-state index < -0.39 is 27.0 Å². The Kier molecular flexibility index (Phi) is 4.13. The molecular weight excluding hydrogens is 276 g/mol. The highest BCUT2D eigenvalue weighted by atomic mass is 16.6. The third-order valence-corrected chi connectivity index (χ3v) is 3.12. The highest BCUT2D eigenvalue weighted by molar-refractivity contribution is 5.63. The van der Waals surface area contributed by atoms with Gasteiger partial charge >= 0.3 is 11.4 Å². The van der Waals surface area contributed by atoms with Gasteiger partial charge in [-0.2, -0.15) is 0 Å². The number of phenols is 1. The van der Waals surface area contributed by atoms with Crippen molar-refractivity contribution in [2.75, 3.05) is 0 Å². The molecule has 21 heavy (non-hydrogen) atoms. The molecule has 0 aliphatic rings. The van der Waals surface area contributed by atoms with Crippen molar-refractivity contribution < 1.29 is 15.0 Å². The lowest BCUT2D eigenvalue weighted by atomic mass is 10.0. The van der Waals surface area contributed by atoms with E-state index in [1.54, 1.807) is 0 Å². The third kappa shape index (κ3) is 3.14. The summed E-state index contributed by atoms with van der Waals surface area (Å²) >= 11 is 0. The van der Waals surface area contributed by atoms with Crippen LogP contribution in [0, 0.1) is 20.2 Å². The van der Waals surface area contributed by atoms with E-state index in [1.165, 1.54) is 6.07 Å². The summed E-state index contributed by atoms with van der Waals surface area (Å²) in [6.45, 7) is 0. The molecule has 0 unspecified atom stereocenters. The van der Waals surface area contributed by atoms with Gasteiger partial charge in [0, 0.05) is 11.6 Å². The molecular formula is C14H12N2O5. The SMILES string of the molecule is O=[N+]([O-])c1ccc(CCc2ccccc2)c([N+](=O)[O-])c1O. The lowest BCUT2D eigenvalue weighted by molar-refractivity contribution is -0.396. The van der Waals surface area contributed by atoms with E-state index in [4.69, 9.17) is 0 Å². The molecule has 0 saturated heterocycles. The van der Waals surface area contributed by atoms with Crippen LogP contribution < -0.4 is 0 Å². The number of phenolic OH excluding ortho intramolecular Hbond substituents is 1. The van der Waals surface area contributed by atoms with Crippen molar-refractivity contribution in [2.45, 2.75) is 12.8 Å². The van der Waals surface area contributed by atoms with E-state index in [-0.39, 0.29) is 5.56 Å². The predicted octanol–water partition coefficient (Wildman–Crippen LogP) is 2.99. The first kappa shape index (κ1) is 14.4. The number of rotatable bonds is 5. The molecule has 2 aromatic carbocycles. The summed E-state index contributed by atoms with van der Waals surface area (Å²) in [5.41, 5.74) is 0.00175. The predicted molar refractivity (Wildman–Crippen MR) is 75.3 cm³/mol. The van der Waals surface area contributed by atoms with Gasteiger partial charge < -0.3 is 5.11 Å². The summed E-state index contributed by atoms with van der Waals surface area (Å²) in [5.74, 6) is -0.893. The van der Waals surface area contributed by atoms with Crippen molar-refractivity contribution in [1.82, 2.24) is 0 Å². The monoisotopic (exact) mass is 288 g/mol. The Morgan fingerprint density at radius 3 is 2.14 bits per heavy atom. The largest absolute Gasteiger partial charge is 0.497 e. The van der Waals surface area contributed by atoms with E-state index in [9.17, 15) is 25.3 Å². The number of hydrogen-bond acceptors (Lipinski definition) is 5. The van der Waals surface area contributed by atoms with E-state index in [2.05, 4.69) is 0 Å². The van der Waals surface area contributed by atoms with E-state index in [0.29, 0.717) is 12.8 Å². The lowest BCUT2D eigenvalue weighted by Crippen LogP contribution is -2.00. The van der Waals surface area contributed by atoms with Crippen LogP contribution in [0.25, 0.3) is 0 Å². The van der Waals surface area contributed by atoms with Crippen LogP contribution in [0.4, 0.5) is 11.4 Å². The molecule has 0 bridgehead atoms. The molecule has 0 aliphatic carbocycles. The topological polar surface area (TPSA) is 107 Å². The van der Waals surface area contributed by atoms with Gasteiger partial charge in [0.25, 0.3) is 5.75 Å². The smallest absolute Gasteiger partial charge is 0.321 e. The van der Waals surface area contributed by atoms with E-state index in [1.807, 2.05) is 30.3 Å². The van der Waals surface area contributed by atoms with Crippen molar-refractivity contribution in [3.63, 3.8) is 0 Å². The summed E-state index contributed by atoms with van der Waals surface area (Å²) < 4.78 is 0. The first-order valence-electron chi connectivity index (χ1n) is 6.18. The summed E-state index contributed by atoms with van der Waals surface area (Å²) in [6.07, 6.45) is 0.852. The second kappa shape index (κ2) is 6.00. The number of nitro groups is 2. The summed E-state index contributed by atoms with van der Waals surface area (Å²) in [5, 5.41) is 31.5. The van der Waals surface area contributed by atoms with Crippen molar-refractivity contribution in [3.8, 4) is 5.75 Å². The molecule has 0 atom stereocenters. The van der Waals surface area contributed by atoms with Gasteiger partial charge in [-0.15, -0.1) is 0 Å². The molecule has 0 fully saturated rings. The summed E-state index contributed by atoms with van der Waals surface area (Å²) in [7, 11) is 0. The minimum Gasteiger partial charge on any atom is -0.497 e. The van der Waals surface area contributed by atoms with E-state index in [0.717, 1.165) is 11.6 Å². The number of benzene rings is 2. The molecule has 2 aromatic rings. The Balaban J connectivity index is 2.33. The number of aromatic hydroxyl groups is 1. The molecule has 7 nitrogen and oxygen atoms in total. The van der Waals surface area contributed by atoms with Gasteiger partial charge in [-0.25, -0.2) is 0 Å². The van der Waals surface area contributed by atoms with Crippen LogP contribution in [0.15, 0.2) is 42.5 Å². The van der Waals surface area contributed by atoms with Crippen LogP contribution >= 0.6 is 0 Å². The Bertz CT molecular complexity index is 685. The average molecular weight is 288 g/mol. The highest BCUT2D eigenvalue weighted by Gasteiger charge is 2.28. The first-order chi connectivity index (χ1) is 10.0. The van der Waals surface area contributed by atoms with Crippen molar-refractivity contribution in [2.24, 2.45) is 0 Å². The van der Waals surface area contributed by atoms with Gasteiger partial charge in [-0.05, 0) is 24.5 Å². The summed E-state index contributed by atoms with van der Waals surface area (Å²) in [4.78, 5) is 20.1. The average Bonchev–Trinajstić information content (AvgIpc) is 2.45. The molecule has 0 amide bonds. The normalized spacial score (nSPS) is 10.3. The third-order valence-electron chi connectivity index (χ3n) is 3.12. The summed E-state index contributed by atoms with van der Waals surface area (Å²) in [6, 6.07) is 11.8. The van der Waals surface area contributed by atoms with Gasteiger partial charge in [-0.3, -0.25) is 20.2 Å². The molecule has 0 radical (unpaired) electrons. The number of aryl methyl sites for hydroxylation is 2. The molecule has 108 valence electrons. The minimum atomic E-state index is -0.893. The second-order valence-electron chi connectivity index (χ2n) is 4.44. The minimum absolute atomic E-state index is 0.270. The maximum Gasteiger partial charge on any atom is 0.321 e. The molecule has 0 aliphatic heterocycles. The zero-order valence-electron chi connectivity index (χ0n) is 10.9. The lowest BCUT2D eigenvalue weighted by Gasteiger charge is -2.05. The zero-order valence-corrected chi connectivity index (χ0v) is 10.9. The van der Waals surface area contributed by atoms with Gasteiger partial charge in [0.05, 0.1) is 9.85 Å². The van der Waals surface area contributed by atoms with Gasteiger partial charge in [0.1, 0.15) is 0 Å². The Labute approximate surface area is 119 Å². The van der Waals surface area contributed by atoms with Crippen LogP contribution in [0.3, 0.4) is 0 Å². The fourth-order valence-electron chi connectivity index (χ4n) is 2.09. The second-order valence-corrected chi connectivity index (χ2v) is 4.44. The molecule has 7 heteroatoms. The van der Waals surface area contributed by atoms with Crippen molar-refractivity contribution in [1.29, 1.82) is 0 Å². The maximum absolute atomic E-state index is 11.1. The van der Waals surface area contributed by atoms with Crippen LogP contribution in [0.5, 0.6) is 5.75 Å². The molecule has 0 aromatic heterocycles. The molecule has 0 saturated carbocycles.